The highest BCUT2D eigenvalue weighted by Gasteiger charge is 2.70. The van der Waals surface area contributed by atoms with Crippen LogP contribution in [0.25, 0.3) is 10.9 Å². The van der Waals surface area contributed by atoms with Gasteiger partial charge < -0.3 is 9.30 Å². The topological polar surface area (TPSA) is 112 Å². The van der Waals surface area contributed by atoms with Crippen LogP contribution in [0, 0.1) is 0 Å². The lowest BCUT2D eigenvalue weighted by Crippen LogP contribution is -2.52. The van der Waals surface area contributed by atoms with Gasteiger partial charge in [-0.05, 0) is 41.5 Å². The number of carbonyl (C=O) groups is 1. The van der Waals surface area contributed by atoms with Crippen molar-refractivity contribution in [2.24, 2.45) is 0 Å². The monoisotopic (exact) mass is 656 g/mol. The van der Waals surface area contributed by atoms with E-state index in [2.05, 4.69) is 4.57 Å². The lowest BCUT2D eigenvalue weighted by atomic mass is 9.95. The molecular formula is C35H32N2O7S2. The lowest BCUT2D eigenvalue weighted by Gasteiger charge is -2.33. The van der Waals surface area contributed by atoms with Gasteiger partial charge in [-0.1, -0.05) is 84.9 Å². The number of hydrogen-bond donors (Lipinski definition) is 0. The van der Waals surface area contributed by atoms with Crippen LogP contribution >= 0.6 is 0 Å². The molecule has 236 valence electrons. The number of ether oxygens (including phenoxy) is 1. The van der Waals surface area contributed by atoms with Crippen LogP contribution < -0.4 is 0 Å². The molecule has 0 amide bonds. The molecule has 0 N–H and O–H groups in total. The van der Waals surface area contributed by atoms with Gasteiger partial charge in [-0.25, -0.2) is 16.8 Å². The maximum absolute atomic E-state index is 14.6. The Morgan fingerprint density at radius 3 is 2.07 bits per heavy atom. The largest absolute Gasteiger partial charge is 0.469 e. The van der Waals surface area contributed by atoms with Gasteiger partial charge in [0, 0.05) is 36.1 Å². The number of fused-ring (bicyclic) bond motifs is 3. The van der Waals surface area contributed by atoms with Crippen LogP contribution in [0.2, 0.25) is 0 Å². The zero-order chi connectivity index (χ0) is 32.1. The summed E-state index contributed by atoms with van der Waals surface area (Å²) in [6.45, 7) is 0.255. The first-order valence-electron chi connectivity index (χ1n) is 14.9. The van der Waals surface area contributed by atoms with E-state index in [1.54, 1.807) is 36.4 Å². The van der Waals surface area contributed by atoms with Gasteiger partial charge in [0.05, 0.1) is 29.4 Å². The molecule has 9 nitrogen and oxygen atoms in total. The zero-order valence-electron chi connectivity index (χ0n) is 25.0. The number of carbonyl (C=O) groups excluding carboxylic acids is 1. The SMILES string of the molecule is COC(=O)Cc1c(C2CC3(S(=O)(=O)c4ccccc4)ON2CC3S(=O)(=O)c2ccccc2)n(Cc2ccccc2)c2ccccc12. The van der Waals surface area contributed by atoms with Crippen molar-refractivity contribution in [3.63, 3.8) is 0 Å². The maximum atomic E-state index is 14.6. The molecule has 1 aromatic heterocycles. The van der Waals surface area contributed by atoms with E-state index in [9.17, 15) is 21.6 Å². The van der Waals surface area contributed by atoms with Crippen molar-refractivity contribution in [3.05, 3.63) is 132 Å². The number of sulfone groups is 2. The van der Waals surface area contributed by atoms with Gasteiger partial charge in [0.15, 0.2) is 9.84 Å². The molecule has 4 unspecified atom stereocenters. The number of esters is 1. The Balaban J connectivity index is 1.43. The van der Waals surface area contributed by atoms with Crippen LogP contribution in [0.1, 0.15) is 29.3 Å². The first-order valence-corrected chi connectivity index (χ1v) is 18.0. The molecule has 0 saturated carbocycles. The van der Waals surface area contributed by atoms with Gasteiger partial charge in [0.1, 0.15) is 5.25 Å². The fourth-order valence-electron chi connectivity index (χ4n) is 6.92. The Labute approximate surface area is 267 Å². The van der Waals surface area contributed by atoms with E-state index in [-0.39, 0.29) is 29.2 Å². The number of para-hydroxylation sites is 1. The number of rotatable bonds is 9. The molecule has 2 bridgehead atoms. The maximum Gasteiger partial charge on any atom is 0.310 e. The van der Waals surface area contributed by atoms with Crippen LogP contribution in [0.5, 0.6) is 0 Å². The van der Waals surface area contributed by atoms with Crippen LogP contribution in [0.3, 0.4) is 0 Å². The number of nitrogens with zero attached hydrogens (tertiary/aromatic N) is 2. The summed E-state index contributed by atoms with van der Waals surface area (Å²) in [4.78, 5) is 17.1. The smallest absolute Gasteiger partial charge is 0.310 e. The summed E-state index contributed by atoms with van der Waals surface area (Å²) < 4.78 is 64.9. The van der Waals surface area contributed by atoms with Gasteiger partial charge in [-0.2, -0.15) is 5.06 Å². The van der Waals surface area contributed by atoms with E-state index in [4.69, 9.17) is 9.57 Å². The third-order valence-corrected chi connectivity index (χ3v) is 13.7. The number of benzene rings is 4. The Morgan fingerprint density at radius 1 is 0.826 bits per heavy atom. The van der Waals surface area contributed by atoms with Crippen LogP contribution in [0.4, 0.5) is 0 Å². The third kappa shape index (κ3) is 4.77. The van der Waals surface area contributed by atoms with Crippen LogP contribution in [0.15, 0.2) is 125 Å². The van der Waals surface area contributed by atoms with Crippen molar-refractivity contribution in [2.45, 2.75) is 45.4 Å². The number of hydrogen-bond acceptors (Lipinski definition) is 8. The van der Waals surface area contributed by atoms with Gasteiger partial charge in [0.25, 0.3) is 0 Å². The Kier molecular flexibility index (Phi) is 7.59. The minimum atomic E-state index is -4.38. The van der Waals surface area contributed by atoms with Gasteiger partial charge in [0.2, 0.25) is 14.8 Å². The molecule has 0 aliphatic carbocycles. The van der Waals surface area contributed by atoms with Crippen LogP contribution in [-0.4, -0.2) is 56.3 Å². The fraction of sp³-hybridized carbons (Fsp3) is 0.229. The molecule has 2 fully saturated rings. The molecule has 5 aromatic rings. The Morgan fingerprint density at radius 2 is 1.41 bits per heavy atom. The molecule has 4 atom stereocenters. The predicted octanol–water partition coefficient (Wildman–Crippen LogP) is 5.11. The summed E-state index contributed by atoms with van der Waals surface area (Å²) in [5.41, 5.74) is 3.24. The Hall–Kier alpha value is -4.29. The van der Waals surface area contributed by atoms with Crippen LogP contribution in [-0.2, 0) is 47.0 Å². The standard InChI is InChI=1S/C35H32N2O7S2/c1-43-33(38)21-29-28-19-11-12-20-30(28)36(23-25-13-5-2-6-14-25)34(29)31-22-35(46(41,42)27-17-9-4-10-18-27)32(24-37(31)44-35)45(39,40)26-15-7-3-8-16-26/h2-20,31-32H,21-24H2,1H3. The number of hydroxylamine groups is 2. The first kappa shape index (κ1) is 30.4. The van der Waals surface area contributed by atoms with Crippen molar-refractivity contribution in [1.82, 2.24) is 9.63 Å². The number of aromatic nitrogens is 1. The molecule has 46 heavy (non-hydrogen) atoms. The van der Waals surface area contributed by atoms with Gasteiger partial charge in [-0.3, -0.25) is 9.63 Å². The minimum Gasteiger partial charge on any atom is -0.469 e. The van der Waals surface area contributed by atoms with Crippen molar-refractivity contribution >= 4 is 36.5 Å². The summed E-state index contributed by atoms with van der Waals surface area (Å²) in [5, 5.41) is 0.929. The van der Waals surface area contributed by atoms with Crippen molar-refractivity contribution in [3.8, 4) is 0 Å². The fourth-order valence-corrected chi connectivity index (χ4v) is 11.4. The molecule has 2 aliphatic rings. The summed E-state index contributed by atoms with van der Waals surface area (Å²) in [5.74, 6) is -0.445. The molecular weight excluding hydrogens is 625 g/mol. The average molecular weight is 657 g/mol. The van der Waals surface area contributed by atoms with E-state index in [0.717, 1.165) is 16.5 Å². The van der Waals surface area contributed by atoms with Crippen molar-refractivity contribution in [1.29, 1.82) is 0 Å². The highest BCUT2D eigenvalue weighted by molar-refractivity contribution is 7.96. The summed E-state index contributed by atoms with van der Waals surface area (Å²) in [6.07, 6.45) is -0.219. The summed E-state index contributed by atoms with van der Waals surface area (Å²) >= 11 is 0. The second-order valence-electron chi connectivity index (χ2n) is 11.6. The number of methoxy groups -OCH3 is 1. The third-order valence-electron chi connectivity index (χ3n) is 9.06. The van der Waals surface area contributed by atoms with Gasteiger partial charge >= 0.3 is 5.97 Å². The second kappa shape index (κ2) is 11.5. The van der Waals surface area contributed by atoms with Crippen molar-refractivity contribution < 1.29 is 31.2 Å². The second-order valence-corrected chi connectivity index (χ2v) is 15.9. The molecule has 2 aliphatic heterocycles. The van der Waals surface area contributed by atoms with E-state index in [1.807, 2.05) is 54.6 Å². The summed E-state index contributed by atoms with van der Waals surface area (Å²) in [6, 6.07) is 32.6. The average Bonchev–Trinajstić information content (AvgIpc) is 3.76. The quantitative estimate of drug-likeness (QED) is 0.201. The van der Waals surface area contributed by atoms with E-state index in [0.29, 0.717) is 17.8 Å². The molecule has 7 rings (SSSR count). The van der Waals surface area contributed by atoms with E-state index < -0.39 is 41.9 Å². The summed E-state index contributed by atoms with van der Waals surface area (Å²) in [7, 11) is -7.21. The highest BCUT2D eigenvalue weighted by Crippen LogP contribution is 2.56. The molecule has 11 heteroatoms. The van der Waals surface area contributed by atoms with Crippen molar-refractivity contribution in [2.75, 3.05) is 13.7 Å². The molecule has 3 heterocycles. The van der Waals surface area contributed by atoms with Gasteiger partial charge in [-0.15, -0.1) is 0 Å². The van der Waals surface area contributed by atoms with E-state index in [1.165, 1.54) is 36.4 Å². The predicted molar refractivity (Wildman–Crippen MR) is 172 cm³/mol. The highest BCUT2D eigenvalue weighted by atomic mass is 32.2. The number of piperidine rings is 1. The first-order chi connectivity index (χ1) is 22.2. The van der Waals surface area contributed by atoms with E-state index >= 15 is 0 Å². The normalized spacial score (nSPS) is 22.7. The molecule has 2 saturated heterocycles. The lowest BCUT2D eigenvalue weighted by molar-refractivity contribution is -0.139. The minimum absolute atomic E-state index is 0.0228. The molecule has 0 spiro atoms. The zero-order valence-corrected chi connectivity index (χ0v) is 26.7. The molecule has 4 aromatic carbocycles. The molecule has 0 radical (unpaired) electrons. The Bertz CT molecular complexity index is 2130.